The first-order chi connectivity index (χ1) is 17.4. The van der Waals surface area contributed by atoms with E-state index in [9.17, 15) is 9.59 Å². The Hall–Kier alpha value is -4.85. The van der Waals surface area contributed by atoms with Gasteiger partial charge in [-0.05, 0) is 59.3 Å². The molecule has 0 unspecified atom stereocenters. The zero-order valence-corrected chi connectivity index (χ0v) is 20.1. The van der Waals surface area contributed by atoms with Gasteiger partial charge in [-0.1, -0.05) is 24.8 Å². The zero-order chi connectivity index (χ0) is 25.4. The summed E-state index contributed by atoms with van der Waals surface area (Å²) in [5.41, 5.74) is 6.43. The Morgan fingerprint density at radius 3 is 2.53 bits per heavy atom. The topological polar surface area (TPSA) is 98.5 Å². The average molecular weight is 478 g/mol. The van der Waals surface area contributed by atoms with Crippen LogP contribution in [0.1, 0.15) is 33.6 Å². The molecule has 0 radical (unpaired) electrons. The third kappa shape index (κ3) is 3.88. The van der Waals surface area contributed by atoms with E-state index in [1.807, 2.05) is 53.9 Å². The van der Waals surface area contributed by atoms with E-state index in [1.165, 1.54) is 7.11 Å². The van der Waals surface area contributed by atoms with Crippen LogP contribution in [0.4, 0.5) is 0 Å². The smallest absolute Gasteiger partial charge is 0.356 e. The number of nitrogens with zero attached hydrogens (tertiary/aromatic N) is 4. The summed E-state index contributed by atoms with van der Waals surface area (Å²) in [6.07, 6.45) is 5.08. The van der Waals surface area contributed by atoms with Crippen LogP contribution < -0.4 is 5.32 Å². The molecule has 0 spiro atoms. The van der Waals surface area contributed by atoms with Crippen LogP contribution in [-0.4, -0.2) is 45.4 Å². The quantitative estimate of drug-likeness (QED) is 0.366. The van der Waals surface area contributed by atoms with Gasteiger partial charge in [-0.25, -0.2) is 14.8 Å². The molecular weight excluding hydrogens is 454 g/mol. The van der Waals surface area contributed by atoms with Crippen molar-refractivity contribution in [3.63, 3.8) is 0 Å². The second-order valence-electron chi connectivity index (χ2n) is 8.36. The lowest BCUT2D eigenvalue weighted by molar-refractivity contribution is 0.0594. The molecule has 1 amide bonds. The summed E-state index contributed by atoms with van der Waals surface area (Å²) in [4.78, 5) is 37.3. The first-order valence-corrected chi connectivity index (χ1v) is 11.2. The van der Waals surface area contributed by atoms with E-state index in [2.05, 4.69) is 26.8 Å². The number of benzene rings is 1. The highest BCUT2D eigenvalue weighted by Gasteiger charge is 2.17. The molecule has 0 atom stereocenters. The second kappa shape index (κ2) is 9.07. The Bertz CT molecular complexity index is 1670. The van der Waals surface area contributed by atoms with Crippen molar-refractivity contribution in [2.45, 2.75) is 6.92 Å². The molecule has 0 aliphatic carbocycles. The minimum absolute atomic E-state index is 0.240. The fraction of sp³-hybridized carbons (Fsp3) is 0.107. The number of hydrogen-bond acceptors (Lipinski definition) is 6. The highest BCUT2D eigenvalue weighted by atomic mass is 16.5. The monoisotopic (exact) mass is 477 g/mol. The van der Waals surface area contributed by atoms with Crippen molar-refractivity contribution in [1.82, 2.24) is 24.7 Å². The molecule has 4 heterocycles. The van der Waals surface area contributed by atoms with E-state index in [-0.39, 0.29) is 11.6 Å². The van der Waals surface area contributed by atoms with Gasteiger partial charge in [-0.2, -0.15) is 0 Å². The highest BCUT2D eigenvalue weighted by molar-refractivity contribution is 6.02. The van der Waals surface area contributed by atoms with Crippen molar-refractivity contribution in [3.05, 3.63) is 90.9 Å². The van der Waals surface area contributed by atoms with Crippen molar-refractivity contribution in [3.8, 4) is 22.4 Å². The Balaban J connectivity index is 1.64. The van der Waals surface area contributed by atoms with Gasteiger partial charge in [0.25, 0.3) is 5.91 Å². The number of methoxy groups -OCH3 is 1. The lowest BCUT2D eigenvalue weighted by Crippen LogP contribution is -2.18. The summed E-state index contributed by atoms with van der Waals surface area (Å²) in [6, 6.07) is 15.4. The lowest BCUT2D eigenvalue weighted by Gasteiger charge is -2.13. The third-order valence-corrected chi connectivity index (χ3v) is 6.06. The van der Waals surface area contributed by atoms with E-state index >= 15 is 0 Å². The average Bonchev–Trinajstić information content (AvgIpc) is 3.35. The van der Waals surface area contributed by atoms with Gasteiger partial charge in [0.05, 0.1) is 24.0 Å². The number of pyridine rings is 3. The molecule has 0 aliphatic rings. The molecule has 1 aromatic carbocycles. The summed E-state index contributed by atoms with van der Waals surface area (Å²) >= 11 is 0. The normalized spacial score (nSPS) is 11.0. The summed E-state index contributed by atoms with van der Waals surface area (Å²) < 4.78 is 6.59. The molecule has 0 aliphatic heterocycles. The van der Waals surface area contributed by atoms with Gasteiger partial charge in [0, 0.05) is 30.4 Å². The fourth-order valence-corrected chi connectivity index (χ4v) is 4.22. The molecule has 0 bridgehead atoms. The molecule has 4 aromatic heterocycles. The molecule has 1 N–H and O–H groups in total. The minimum atomic E-state index is -0.485. The van der Waals surface area contributed by atoms with E-state index in [1.54, 1.807) is 31.7 Å². The molecule has 8 heteroatoms. The number of esters is 1. The molecule has 178 valence electrons. The first-order valence-electron chi connectivity index (χ1n) is 11.2. The van der Waals surface area contributed by atoms with Gasteiger partial charge >= 0.3 is 5.97 Å². The number of ether oxygens (including phenoxy) is 1. The van der Waals surface area contributed by atoms with Gasteiger partial charge in [-0.15, -0.1) is 0 Å². The number of imidazole rings is 1. The van der Waals surface area contributed by atoms with Crippen molar-refractivity contribution in [2.24, 2.45) is 0 Å². The number of amides is 1. The van der Waals surface area contributed by atoms with Crippen molar-refractivity contribution < 1.29 is 14.3 Å². The molecule has 0 saturated heterocycles. The predicted octanol–water partition coefficient (Wildman–Crippen LogP) is 4.79. The van der Waals surface area contributed by atoms with Crippen LogP contribution in [0.25, 0.3) is 44.2 Å². The number of aromatic nitrogens is 4. The number of fused-ring (bicyclic) bond motifs is 2. The standard InChI is InChI=1S/C28H23N5O3/c1-16(2)24-11-19(12-25-26(27(34)29-3)32-15-33(24)25)20-7-5-6-17-10-23(31-14-21(17)20)18-8-9-22(30-13-18)28(35)36-4/h5-15H,1H2,2-4H3,(H,29,34). The Kier molecular flexibility index (Phi) is 5.77. The Morgan fingerprint density at radius 2 is 1.83 bits per heavy atom. The number of carbonyl (C=O) groups is 2. The van der Waals surface area contributed by atoms with Crippen LogP contribution in [0.5, 0.6) is 0 Å². The lowest BCUT2D eigenvalue weighted by atomic mass is 9.97. The van der Waals surface area contributed by atoms with Crippen molar-refractivity contribution in [2.75, 3.05) is 14.2 Å². The van der Waals surface area contributed by atoms with Crippen LogP contribution in [0.15, 0.2) is 73.8 Å². The maximum atomic E-state index is 12.4. The SMILES string of the molecule is C=C(C)c1cc(-c2cccc3cc(-c4ccc(C(=O)OC)nc4)ncc23)cc2c(C(=O)NC)ncn12. The summed E-state index contributed by atoms with van der Waals surface area (Å²) in [7, 11) is 2.91. The summed E-state index contributed by atoms with van der Waals surface area (Å²) in [5, 5.41) is 4.60. The number of carbonyl (C=O) groups excluding carboxylic acids is 2. The number of allylic oxidation sites excluding steroid dienone is 1. The van der Waals surface area contributed by atoms with Gasteiger partial charge in [-0.3, -0.25) is 14.2 Å². The highest BCUT2D eigenvalue weighted by Crippen LogP contribution is 2.33. The van der Waals surface area contributed by atoms with Crippen LogP contribution in [0, 0.1) is 0 Å². The first kappa shape index (κ1) is 22.9. The van der Waals surface area contributed by atoms with Gasteiger partial charge in [0.1, 0.15) is 12.0 Å². The molecule has 0 fully saturated rings. The van der Waals surface area contributed by atoms with Crippen LogP contribution in [0.2, 0.25) is 0 Å². The van der Waals surface area contributed by atoms with Crippen molar-refractivity contribution >= 4 is 33.7 Å². The van der Waals surface area contributed by atoms with E-state index in [4.69, 9.17) is 4.74 Å². The second-order valence-corrected chi connectivity index (χ2v) is 8.36. The van der Waals surface area contributed by atoms with Gasteiger partial charge < -0.3 is 10.1 Å². The van der Waals surface area contributed by atoms with E-state index in [0.717, 1.165) is 44.4 Å². The van der Waals surface area contributed by atoms with Crippen molar-refractivity contribution in [1.29, 1.82) is 0 Å². The van der Waals surface area contributed by atoms with Crippen LogP contribution in [0.3, 0.4) is 0 Å². The third-order valence-electron chi connectivity index (χ3n) is 6.06. The molecule has 8 nitrogen and oxygen atoms in total. The summed E-state index contributed by atoms with van der Waals surface area (Å²) in [6.45, 7) is 6.04. The molecular formula is C28H23N5O3. The van der Waals surface area contributed by atoms with Crippen LogP contribution in [-0.2, 0) is 4.74 Å². The van der Waals surface area contributed by atoms with E-state index < -0.39 is 5.97 Å². The molecule has 5 rings (SSSR count). The number of rotatable bonds is 5. The maximum Gasteiger partial charge on any atom is 0.356 e. The Morgan fingerprint density at radius 1 is 1.00 bits per heavy atom. The van der Waals surface area contributed by atoms with Gasteiger partial charge in [0.2, 0.25) is 0 Å². The Labute approximate surface area is 207 Å². The number of hydrogen-bond donors (Lipinski definition) is 1. The van der Waals surface area contributed by atoms with E-state index in [0.29, 0.717) is 11.2 Å². The van der Waals surface area contributed by atoms with Crippen LogP contribution >= 0.6 is 0 Å². The molecule has 5 aromatic rings. The predicted molar refractivity (Wildman–Crippen MR) is 139 cm³/mol. The zero-order valence-electron chi connectivity index (χ0n) is 20.1. The fourth-order valence-electron chi connectivity index (χ4n) is 4.22. The maximum absolute atomic E-state index is 12.4. The van der Waals surface area contributed by atoms with Gasteiger partial charge in [0.15, 0.2) is 5.69 Å². The minimum Gasteiger partial charge on any atom is -0.464 e. The molecule has 0 saturated carbocycles. The number of nitrogens with one attached hydrogen (secondary N) is 1. The largest absolute Gasteiger partial charge is 0.464 e. The summed E-state index contributed by atoms with van der Waals surface area (Å²) in [5.74, 6) is -0.736. The molecule has 36 heavy (non-hydrogen) atoms.